The Morgan fingerprint density at radius 3 is 2.33 bits per heavy atom. The van der Waals surface area contributed by atoms with Crippen LogP contribution in [0.5, 0.6) is 0 Å². The lowest BCUT2D eigenvalue weighted by Crippen LogP contribution is -2.27. The minimum absolute atomic E-state index is 0.0301. The van der Waals surface area contributed by atoms with Crippen LogP contribution in [0.1, 0.15) is 53.3 Å². The van der Waals surface area contributed by atoms with E-state index in [1.807, 2.05) is 34.6 Å². The Bertz CT molecular complexity index is 621. The van der Waals surface area contributed by atoms with Crippen molar-refractivity contribution in [2.24, 2.45) is 0 Å². The fourth-order valence-electron chi connectivity index (χ4n) is 2.59. The standard InChI is InChI=1S/C15H23N5O/c1-8-9(2)17-20-13(8)6-7-14(21)16-10(3)15-11(4)18-19-12(15)5/h10H,6-7H2,1-5H3,(H,16,21)(H,17,20)(H,18,19). The van der Waals surface area contributed by atoms with Gasteiger partial charge in [-0.05, 0) is 40.2 Å². The van der Waals surface area contributed by atoms with E-state index in [2.05, 4.69) is 25.7 Å². The number of rotatable bonds is 5. The number of aryl methyl sites for hydroxylation is 4. The molecule has 2 heterocycles. The molecule has 114 valence electrons. The third-order valence-corrected chi connectivity index (χ3v) is 3.94. The molecule has 0 aliphatic heterocycles. The van der Waals surface area contributed by atoms with Gasteiger partial charge in [0.25, 0.3) is 0 Å². The lowest BCUT2D eigenvalue weighted by atomic mass is 10.1. The van der Waals surface area contributed by atoms with Crippen molar-refractivity contribution >= 4 is 5.91 Å². The summed E-state index contributed by atoms with van der Waals surface area (Å²) in [7, 11) is 0. The number of aromatic nitrogens is 4. The third-order valence-electron chi connectivity index (χ3n) is 3.94. The number of H-pyrrole nitrogens is 2. The fraction of sp³-hybridized carbons (Fsp3) is 0.533. The maximum atomic E-state index is 12.1. The number of carbonyl (C=O) groups excluding carboxylic acids is 1. The maximum absolute atomic E-state index is 12.1. The monoisotopic (exact) mass is 289 g/mol. The van der Waals surface area contributed by atoms with E-state index in [-0.39, 0.29) is 11.9 Å². The van der Waals surface area contributed by atoms with Crippen LogP contribution in [0.2, 0.25) is 0 Å². The predicted molar refractivity (Wildman–Crippen MR) is 81.0 cm³/mol. The van der Waals surface area contributed by atoms with Crippen LogP contribution in [0.4, 0.5) is 0 Å². The molecule has 3 N–H and O–H groups in total. The van der Waals surface area contributed by atoms with Crippen LogP contribution in [0, 0.1) is 27.7 Å². The van der Waals surface area contributed by atoms with Gasteiger partial charge in [0.2, 0.25) is 5.91 Å². The summed E-state index contributed by atoms with van der Waals surface area (Å²) in [6, 6.07) is -0.0433. The van der Waals surface area contributed by atoms with Gasteiger partial charge in [0.05, 0.1) is 17.4 Å². The van der Waals surface area contributed by atoms with Crippen molar-refractivity contribution < 1.29 is 4.79 Å². The molecular weight excluding hydrogens is 266 g/mol. The second-order valence-electron chi connectivity index (χ2n) is 5.56. The van der Waals surface area contributed by atoms with E-state index in [0.717, 1.165) is 33.9 Å². The van der Waals surface area contributed by atoms with Crippen LogP contribution < -0.4 is 5.32 Å². The number of hydrogen-bond donors (Lipinski definition) is 3. The van der Waals surface area contributed by atoms with E-state index in [4.69, 9.17) is 0 Å². The maximum Gasteiger partial charge on any atom is 0.220 e. The molecule has 21 heavy (non-hydrogen) atoms. The van der Waals surface area contributed by atoms with Gasteiger partial charge in [-0.1, -0.05) is 0 Å². The number of amides is 1. The second-order valence-corrected chi connectivity index (χ2v) is 5.56. The van der Waals surface area contributed by atoms with E-state index in [1.54, 1.807) is 0 Å². The molecule has 6 nitrogen and oxygen atoms in total. The Labute approximate surface area is 124 Å². The Balaban J connectivity index is 1.92. The summed E-state index contributed by atoms with van der Waals surface area (Å²) in [5.41, 5.74) is 6.15. The molecule has 2 aromatic rings. The first-order valence-electron chi connectivity index (χ1n) is 7.21. The van der Waals surface area contributed by atoms with Crippen molar-refractivity contribution in [3.05, 3.63) is 33.9 Å². The molecule has 1 atom stereocenters. The minimum Gasteiger partial charge on any atom is -0.349 e. The molecule has 0 radical (unpaired) electrons. The number of carbonyl (C=O) groups is 1. The molecule has 0 bridgehead atoms. The lowest BCUT2D eigenvalue weighted by molar-refractivity contribution is -0.121. The summed E-state index contributed by atoms with van der Waals surface area (Å²) < 4.78 is 0. The molecule has 0 aliphatic rings. The molecule has 0 saturated carbocycles. The van der Waals surface area contributed by atoms with Crippen LogP contribution in [-0.2, 0) is 11.2 Å². The molecule has 6 heteroatoms. The minimum atomic E-state index is -0.0433. The molecule has 2 aromatic heterocycles. The van der Waals surface area contributed by atoms with E-state index in [0.29, 0.717) is 12.8 Å². The van der Waals surface area contributed by atoms with Gasteiger partial charge in [-0.15, -0.1) is 0 Å². The smallest absolute Gasteiger partial charge is 0.220 e. The Hall–Kier alpha value is -2.11. The quantitative estimate of drug-likeness (QED) is 0.788. The van der Waals surface area contributed by atoms with Gasteiger partial charge in [0, 0.05) is 29.8 Å². The molecule has 0 aliphatic carbocycles. The molecule has 0 saturated heterocycles. The Morgan fingerprint density at radius 1 is 1.14 bits per heavy atom. The van der Waals surface area contributed by atoms with Crippen molar-refractivity contribution in [2.75, 3.05) is 0 Å². The van der Waals surface area contributed by atoms with Crippen LogP contribution in [0.15, 0.2) is 0 Å². The fourth-order valence-corrected chi connectivity index (χ4v) is 2.59. The summed E-state index contributed by atoms with van der Waals surface area (Å²) in [6.07, 6.45) is 1.09. The van der Waals surface area contributed by atoms with E-state index < -0.39 is 0 Å². The molecular formula is C15H23N5O. The highest BCUT2D eigenvalue weighted by molar-refractivity contribution is 5.76. The van der Waals surface area contributed by atoms with Crippen molar-refractivity contribution in [1.82, 2.24) is 25.7 Å². The average molecular weight is 289 g/mol. The third kappa shape index (κ3) is 3.32. The first-order valence-corrected chi connectivity index (χ1v) is 7.21. The van der Waals surface area contributed by atoms with Crippen molar-refractivity contribution in [1.29, 1.82) is 0 Å². The zero-order chi connectivity index (χ0) is 15.6. The second kappa shape index (κ2) is 6.11. The predicted octanol–water partition coefficient (Wildman–Crippen LogP) is 2.18. The first kappa shape index (κ1) is 15.3. The molecule has 1 amide bonds. The van der Waals surface area contributed by atoms with Gasteiger partial charge < -0.3 is 5.32 Å². The van der Waals surface area contributed by atoms with E-state index in [1.165, 1.54) is 0 Å². The Kier molecular flexibility index (Phi) is 4.45. The number of nitrogens with zero attached hydrogens (tertiary/aromatic N) is 2. The topological polar surface area (TPSA) is 86.5 Å². The Morgan fingerprint density at radius 2 is 1.81 bits per heavy atom. The summed E-state index contributed by atoms with van der Waals surface area (Å²) in [4.78, 5) is 12.1. The number of aromatic amines is 2. The first-order chi connectivity index (χ1) is 9.90. The van der Waals surface area contributed by atoms with Crippen LogP contribution in [-0.4, -0.2) is 26.3 Å². The molecule has 0 aromatic carbocycles. The SMILES string of the molecule is Cc1n[nH]c(C)c1C(C)NC(=O)CCc1n[nH]c(C)c1C. The normalized spacial score (nSPS) is 12.4. The van der Waals surface area contributed by atoms with Crippen molar-refractivity contribution in [2.45, 2.75) is 53.5 Å². The van der Waals surface area contributed by atoms with Gasteiger partial charge in [-0.25, -0.2) is 0 Å². The summed E-state index contributed by atoms with van der Waals surface area (Å²) >= 11 is 0. The molecule has 0 spiro atoms. The van der Waals surface area contributed by atoms with Gasteiger partial charge in [0.1, 0.15) is 0 Å². The zero-order valence-electron chi connectivity index (χ0n) is 13.3. The summed E-state index contributed by atoms with van der Waals surface area (Å²) in [5.74, 6) is 0.0301. The number of nitrogens with one attached hydrogen (secondary N) is 3. The zero-order valence-corrected chi connectivity index (χ0v) is 13.3. The molecule has 1 unspecified atom stereocenters. The van der Waals surface area contributed by atoms with Gasteiger partial charge >= 0.3 is 0 Å². The van der Waals surface area contributed by atoms with Crippen molar-refractivity contribution in [3.8, 4) is 0 Å². The largest absolute Gasteiger partial charge is 0.349 e. The molecule has 2 rings (SSSR count). The summed E-state index contributed by atoms with van der Waals surface area (Å²) in [5, 5.41) is 17.3. The van der Waals surface area contributed by atoms with E-state index >= 15 is 0 Å². The average Bonchev–Trinajstić information content (AvgIpc) is 2.92. The van der Waals surface area contributed by atoms with Gasteiger partial charge in [0.15, 0.2) is 0 Å². The van der Waals surface area contributed by atoms with Gasteiger partial charge in [-0.2, -0.15) is 10.2 Å². The van der Waals surface area contributed by atoms with Crippen LogP contribution in [0.25, 0.3) is 0 Å². The summed E-state index contributed by atoms with van der Waals surface area (Å²) in [6.45, 7) is 9.89. The lowest BCUT2D eigenvalue weighted by Gasteiger charge is -2.14. The number of hydrogen-bond acceptors (Lipinski definition) is 3. The van der Waals surface area contributed by atoms with Crippen LogP contribution >= 0.6 is 0 Å². The highest BCUT2D eigenvalue weighted by Crippen LogP contribution is 2.19. The molecule has 0 fully saturated rings. The van der Waals surface area contributed by atoms with Crippen LogP contribution in [0.3, 0.4) is 0 Å². The highest BCUT2D eigenvalue weighted by atomic mass is 16.1. The highest BCUT2D eigenvalue weighted by Gasteiger charge is 2.17. The van der Waals surface area contributed by atoms with E-state index in [9.17, 15) is 4.79 Å². The van der Waals surface area contributed by atoms with Crippen molar-refractivity contribution in [3.63, 3.8) is 0 Å². The van der Waals surface area contributed by atoms with Gasteiger partial charge in [-0.3, -0.25) is 15.0 Å².